The van der Waals surface area contributed by atoms with E-state index in [0.29, 0.717) is 5.02 Å². The van der Waals surface area contributed by atoms with Crippen molar-refractivity contribution in [2.75, 3.05) is 18.4 Å². The first-order chi connectivity index (χ1) is 10.3. The van der Waals surface area contributed by atoms with Crippen LogP contribution in [0, 0.1) is 0 Å². The largest absolute Gasteiger partial charge is 0.324 e. The van der Waals surface area contributed by atoms with Crippen LogP contribution in [-0.4, -0.2) is 29.8 Å². The number of benzene rings is 2. The number of halogens is 1. The molecule has 104 valence electrons. The molecule has 0 aromatic heterocycles. The number of nitrogens with one attached hydrogen (secondary N) is 1. The second kappa shape index (κ2) is 4.90. The lowest BCUT2D eigenvalue weighted by Crippen LogP contribution is -2.27. The molecular formula is C16H13ClN4. The molecule has 21 heavy (non-hydrogen) atoms. The number of fused-ring (bicyclic) bond motifs is 2. The molecule has 0 saturated heterocycles. The maximum Gasteiger partial charge on any atom is 0.219 e. The molecule has 4 rings (SSSR count). The highest BCUT2D eigenvalue weighted by Crippen LogP contribution is 2.27. The van der Waals surface area contributed by atoms with Crippen LogP contribution in [0.2, 0.25) is 5.02 Å². The van der Waals surface area contributed by atoms with Gasteiger partial charge in [-0.2, -0.15) is 5.10 Å². The van der Waals surface area contributed by atoms with Crippen molar-refractivity contribution in [3.8, 4) is 0 Å². The van der Waals surface area contributed by atoms with E-state index in [0.717, 1.165) is 41.6 Å². The summed E-state index contributed by atoms with van der Waals surface area (Å²) >= 11 is 6.18. The van der Waals surface area contributed by atoms with Crippen LogP contribution in [0.3, 0.4) is 0 Å². The van der Waals surface area contributed by atoms with Crippen molar-refractivity contribution < 1.29 is 0 Å². The summed E-state index contributed by atoms with van der Waals surface area (Å²) in [5.41, 5.74) is 3.94. The molecule has 2 aliphatic heterocycles. The van der Waals surface area contributed by atoms with Crippen LogP contribution in [0.25, 0.3) is 0 Å². The normalized spacial score (nSPS) is 16.3. The Balaban J connectivity index is 1.94. The molecule has 2 aliphatic rings. The van der Waals surface area contributed by atoms with E-state index in [9.17, 15) is 0 Å². The van der Waals surface area contributed by atoms with Gasteiger partial charge in [0, 0.05) is 16.1 Å². The Labute approximate surface area is 127 Å². The van der Waals surface area contributed by atoms with Gasteiger partial charge in [0.05, 0.1) is 18.8 Å². The molecule has 0 bridgehead atoms. The second-order valence-electron chi connectivity index (χ2n) is 4.96. The number of nitrogens with zero attached hydrogens (tertiary/aromatic N) is 3. The van der Waals surface area contributed by atoms with Crippen LogP contribution in [-0.2, 0) is 0 Å². The molecule has 0 fully saturated rings. The smallest absolute Gasteiger partial charge is 0.219 e. The zero-order chi connectivity index (χ0) is 14.2. The fourth-order valence-electron chi connectivity index (χ4n) is 2.57. The number of anilines is 1. The van der Waals surface area contributed by atoms with Crippen LogP contribution in [0.1, 0.15) is 11.1 Å². The highest BCUT2D eigenvalue weighted by atomic mass is 35.5. The molecule has 0 unspecified atom stereocenters. The van der Waals surface area contributed by atoms with Gasteiger partial charge in [0.25, 0.3) is 0 Å². The summed E-state index contributed by atoms with van der Waals surface area (Å²) < 4.78 is 0. The minimum atomic E-state index is 0.697. The van der Waals surface area contributed by atoms with Crippen LogP contribution in [0.5, 0.6) is 0 Å². The first-order valence-electron chi connectivity index (χ1n) is 6.84. The van der Waals surface area contributed by atoms with Crippen molar-refractivity contribution in [2.24, 2.45) is 10.1 Å². The summed E-state index contributed by atoms with van der Waals surface area (Å²) in [6, 6.07) is 15.9. The molecule has 0 saturated carbocycles. The average molecular weight is 297 g/mol. The molecular weight excluding hydrogens is 284 g/mol. The standard InChI is InChI=1S/C16H13ClN4/c17-12-6-7-14-13(10-12)15(11-4-2-1-3-5-11)20-21-9-8-18-16(21)19-14/h1-7,10H,8-9H2,(H,18,19). The second-order valence-corrected chi connectivity index (χ2v) is 5.39. The Hall–Kier alpha value is -2.33. The van der Waals surface area contributed by atoms with Crippen molar-refractivity contribution in [2.45, 2.75) is 0 Å². The average Bonchev–Trinajstić information content (AvgIpc) is 2.89. The lowest BCUT2D eigenvalue weighted by atomic mass is 10.0. The minimum absolute atomic E-state index is 0.697. The summed E-state index contributed by atoms with van der Waals surface area (Å²) in [5.74, 6) is 0.796. The number of hydrazone groups is 1. The Morgan fingerprint density at radius 1 is 1.10 bits per heavy atom. The lowest BCUT2D eigenvalue weighted by Gasteiger charge is -2.12. The number of aliphatic imine (C=N–C) groups is 1. The molecule has 2 aromatic carbocycles. The zero-order valence-electron chi connectivity index (χ0n) is 11.3. The van der Waals surface area contributed by atoms with Gasteiger partial charge in [-0.3, -0.25) is 0 Å². The molecule has 5 heteroatoms. The molecule has 1 N–H and O–H groups in total. The molecule has 2 heterocycles. The summed E-state index contributed by atoms with van der Waals surface area (Å²) in [6.45, 7) is 1.55. The van der Waals surface area contributed by atoms with E-state index < -0.39 is 0 Å². The van der Waals surface area contributed by atoms with E-state index in [1.54, 1.807) is 0 Å². The van der Waals surface area contributed by atoms with Gasteiger partial charge in [-0.25, -0.2) is 10.0 Å². The quantitative estimate of drug-likeness (QED) is 0.878. The number of rotatable bonds is 1. The predicted octanol–water partition coefficient (Wildman–Crippen LogP) is 3.19. The molecule has 0 spiro atoms. The third-order valence-electron chi connectivity index (χ3n) is 3.57. The van der Waals surface area contributed by atoms with Crippen LogP contribution < -0.4 is 5.32 Å². The van der Waals surface area contributed by atoms with Crippen LogP contribution in [0.4, 0.5) is 5.69 Å². The van der Waals surface area contributed by atoms with Crippen molar-refractivity contribution in [3.63, 3.8) is 0 Å². The first-order valence-corrected chi connectivity index (χ1v) is 7.22. The van der Waals surface area contributed by atoms with Gasteiger partial charge in [0.15, 0.2) is 0 Å². The van der Waals surface area contributed by atoms with Gasteiger partial charge in [-0.1, -0.05) is 41.9 Å². The van der Waals surface area contributed by atoms with Gasteiger partial charge in [0.2, 0.25) is 5.96 Å². The van der Waals surface area contributed by atoms with E-state index in [-0.39, 0.29) is 0 Å². The van der Waals surface area contributed by atoms with Gasteiger partial charge in [0.1, 0.15) is 5.71 Å². The first kappa shape index (κ1) is 12.4. The van der Waals surface area contributed by atoms with E-state index >= 15 is 0 Å². The summed E-state index contributed by atoms with van der Waals surface area (Å²) in [7, 11) is 0. The summed E-state index contributed by atoms with van der Waals surface area (Å²) in [4.78, 5) is 4.46. The third-order valence-corrected chi connectivity index (χ3v) is 3.80. The van der Waals surface area contributed by atoms with Crippen molar-refractivity contribution in [1.29, 1.82) is 0 Å². The molecule has 2 aromatic rings. The van der Waals surface area contributed by atoms with E-state index in [1.807, 2.05) is 41.4 Å². The predicted molar refractivity (Wildman–Crippen MR) is 86.2 cm³/mol. The van der Waals surface area contributed by atoms with Crippen LogP contribution >= 0.6 is 11.6 Å². The topological polar surface area (TPSA) is 40.0 Å². The number of hydrogen-bond donors (Lipinski definition) is 1. The minimum Gasteiger partial charge on any atom is -0.324 e. The Kier molecular flexibility index (Phi) is 2.89. The van der Waals surface area contributed by atoms with Gasteiger partial charge >= 0.3 is 0 Å². The monoisotopic (exact) mass is 296 g/mol. The maximum absolute atomic E-state index is 6.18. The lowest BCUT2D eigenvalue weighted by molar-refractivity contribution is 0.489. The van der Waals surface area contributed by atoms with E-state index in [1.165, 1.54) is 0 Å². The van der Waals surface area contributed by atoms with Gasteiger partial charge in [-0.15, -0.1) is 0 Å². The highest BCUT2D eigenvalue weighted by Gasteiger charge is 2.24. The highest BCUT2D eigenvalue weighted by molar-refractivity contribution is 6.31. The Bertz CT molecular complexity index is 752. The molecule has 0 aliphatic carbocycles. The van der Waals surface area contributed by atoms with Crippen molar-refractivity contribution in [1.82, 2.24) is 5.01 Å². The summed E-state index contributed by atoms with van der Waals surface area (Å²) in [5, 5.41) is 10.7. The van der Waals surface area contributed by atoms with Gasteiger partial charge in [-0.05, 0) is 18.2 Å². The summed E-state index contributed by atoms with van der Waals surface area (Å²) in [6.07, 6.45) is 0. The number of guanidine groups is 1. The molecule has 0 amide bonds. The SMILES string of the molecule is Clc1ccc2c(c1)C(c1ccccc1)=NN1CCN=C1N2. The van der Waals surface area contributed by atoms with Gasteiger partial charge < -0.3 is 5.32 Å². The maximum atomic E-state index is 6.18. The number of hydrogen-bond acceptors (Lipinski definition) is 4. The molecule has 0 atom stereocenters. The van der Waals surface area contributed by atoms with Crippen molar-refractivity contribution >= 4 is 29.0 Å². The van der Waals surface area contributed by atoms with E-state index in [2.05, 4.69) is 22.4 Å². The zero-order valence-corrected chi connectivity index (χ0v) is 12.0. The third kappa shape index (κ3) is 2.17. The fraction of sp³-hybridized carbons (Fsp3) is 0.125. The molecule has 4 nitrogen and oxygen atoms in total. The molecule has 0 radical (unpaired) electrons. The van der Waals surface area contributed by atoms with Crippen molar-refractivity contribution in [3.05, 3.63) is 64.7 Å². The Morgan fingerprint density at radius 3 is 2.81 bits per heavy atom. The van der Waals surface area contributed by atoms with Crippen LogP contribution in [0.15, 0.2) is 58.6 Å². The fourth-order valence-corrected chi connectivity index (χ4v) is 2.74. The Morgan fingerprint density at radius 2 is 1.95 bits per heavy atom. The van der Waals surface area contributed by atoms with E-state index in [4.69, 9.17) is 16.7 Å².